The van der Waals surface area contributed by atoms with Crippen LogP contribution >= 0.6 is 11.6 Å². The Morgan fingerprint density at radius 1 is 1.24 bits per heavy atom. The van der Waals surface area contributed by atoms with Crippen LogP contribution in [-0.4, -0.2) is 21.7 Å². The molecule has 2 heterocycles. The summed E-state index contributed by atoms with van der Waals surface area (Å²) < 4.78 is 7.12. The minimum atomic E-state index is 0.499. The third kappa shape index (κ3) is 2.64. The van der Waals surface area contributed by atoms with E-state index in [1.54, 1.807) is 11.6 Å². The molecule has 0 unspecified atom stereocenters. The van der Waals surface area contributed by atoms with Gasteiger partial charge in [-0.3, -0.25) is 0 Å². The average Bonchev–Trinajstić information content (AvgIpc) is 2.90. The van der Waals surface area contributed by atoms with E-state index >= 15 is 0 Å². The molecule has 5 nitrogen and oxygen atoms in total. The second kappa shape index (κ2) is 5.61. The first kappa shape index (κ1) is 13.7. The van der Waals surface area contributed by atoms with Gasteiger partial charge in [-0.15, -0.1) is 5.10 Å². The van der Waals surface area contributed by atoms with E-state index in [-0.39, 0.29) is 0 Å². The number of hydrogen-bond acceptors (Lipinski definition) is 4. The van der Waals surface area contributed by atoms with E-state index < -0.39 is 0 Å². The van der Waals surface area contributed by atoms with E-state index in [9.17, 15) is 0 Å². The molecule has 0 bridgehead atoms. The van der Waals surface area contributed by atoms with Crippen molar-refractivity contribution < 1.29 is 4.74 Å². The fraction of sp³-hybridized carbons (Fsp3) is 0.200. The molecule has 0 fully saturated rings. The highest BCUT2D eigenvalue weighted by Gasteiger charge is 2.09. The Morgan fingerprint density at radius 3 is 2.81 bits per heavy atom. The fourth-order valence-electron chi connectivity index (χ4n) is 2.18. The van der Waals surface area contributed by atoms with E-state index in [2.05, 4.69) is 15.4 Å². The van der Waals surface area contributed by atoms with Crippen molar-refractivity contribution in [2.24, 2.45) is 0 Å². The summed E-state index contributed by atoms with van der Waals surface area (Å²) in [5, 5.41) is 8.26. The van der Waals surface area contributed by atoms with Crippen LogP contribution in [-0.2, 0) is 6.54 Å². The molecule has 1 aromatic carbocycles. The number of fused-ring (bicyclic) bond motifs is 1. The van der Waals surface area contributed by atoms with Gasteiger partial charge in [-0.05, 0) is 31.2 Å². The molecular weight excluding hydrogens is 288 g/mol. The first-order chi connectivity index (χ1) is 10.2. The van der Waals surface area contributed by atoms with Crippen LogP contribution in [0.1, 0.15) is 11.3 Å². The van der Waals surface area contributed by atoms with Crippen LogP contribution in [0.15, 0.2) is 36.4 Å². The number of nitrogens with zero attached hydrogens (tertiary/aromatic N) is 3. The molecule has 0 saturated heterocycles. The van der Waals surface area contributed by atoms with Crippen LogP contribution in [0.2, 0.25) is 5.02 Å². The van der Waals surface area contributed by atoms with Crippen molar-refractivity contribution in [3.8, 4) is 5.75 Å². The molecule has 3 aromatic rings. The minimum Gasteiger partial charge on any atom is -0.496 e. The first-order valence-electron chi connectivity index (χ1n) is 6.56. The lowest BCUT2D eigenvalue weighted by Crippen LogP contribution is -2.04. The van der Waals surface area contributed by atoms with Crippen molar-refractivity contribution in [3.63, 3.8) is 0 Å². The largest absolute Gasteiger partial charge is 0.496 e. The molecule has 0 atom stereocenters. The SMILES string of the molecule is COc1cccc(Cl)c1CNc1nc2cccc(C)n2n1. The maximum Gasteiger partial charge on any atom is 0.243 e. The Hall–Kier alpha value is -2.27. The van der Waals surface area contributed by atoms with Gasteiger partial charge in [0.05, 0.1) is 7.11 Å². The van der Waals surface area contributed by atoms with Crippen molar-refractivity contribution in [1.82, 2.24) is 14.6 Å². The average molecular weight is 303 g/mol. The lowest BCUT2D eigenvalue weighted by molar-refractivity contribution is 0.410. The summed E-state index contributed by atoms with van der Waals surface area (Å²) >= 11 is 6.21. The molecule has 0 radical (unpaired) electrons. The van der Waals surface area contributed by atoms with Gasteiger partial charge in [-0.2, -0.15) is 4.98 Å². The Morgan fingerprint density at radius 2 is 2.05 bits per heavy atom. The Bertz CT molecular complexity index is 784. The van der Waals surface area contributed by atoms with Gasteiger partial charge in [0.25, 0.3) is 0 Å². The number of rotatable bonds is 4. The van der Waals surface area contributed by atoms with Crippen LogP contribution in [0.3, 0.4) is 0 Å². The van der Waals surface area contributed by atoms with Crippen LogP contribution in [0.25, 0.3) is 5.65 Å². The summed E-state index contributed by atoms with van der Waals surface area (Å²) in [5.41, 5.74) is 2.73. The number of benzene rings is 1. The van der Waals surface area contributed by atoms with Crippen molar-refractivity contribution in [2.75, 3.05) is 12.4 Å². The van der Waals surface area contributed by atoms with Crippen LogP contribution < -0.4 is 10.1 Å². The third-order valence-corrected chi connectivity index (χ3v) is 3.62. The van der Waals surface area contributed by atoms with Gasteiger partial charge in [-0.25, -0.2) is 4.52 Å². The highest BCUT2D eigenvalue weighted by molar-refractivity contribution is 6.31. The monoisotopic (exact) mass is 302 g/mol. The fourth-order valence-corrected chi connectivity index (χ4v) is 2.41. The van der Waals surface area contributed by atoms with Crippen molar-refractivity contribution in [1.29, 1.82) is 0 Å². The summed E-state index contributed by atoms with van der Waals surface area (Å²) in [6.07, 6.45) is 0. The van der Waals surface area contributed by atoms with Crippen molar-refractivity contribution >= 4 is 23.2 Å². The van der Waals surface area contributed by atoms with Gasteiger partial charge < -0.3 is 10.1 Å². The van der Waals surface area contributed by atoms with Crippen LogP contribution in [0.5, 0.6) is 5.75 Å². The van der Waals surface area contributed by atoms with E-state index in [0.29, 0.717) is 17.5 Å². The molecule has 0 aliphatic rings. The Labute approximate surface area is 127 Å². The molecule has 6 heteroatoms. The molecule has 0 aliphatic heterocycles. The number of aryl methyl sites for hydroxylation is 1. The maximum atomic E-state index is 6.21. The van der Waals surface area contributed by atoms with Gasteiger partial charge in [0.1, 0.15) is 5.75 Å². The molecule has 108 valence electrons. The quantitative estimate of drug-likeness (QED) is 0.803. The molecular formula is C15H15ClN4O. The van der Waals surface area contributed by atoms with Gasteiger partial charge in [0.2, 0.25) is 5.95 Å². The number of methoxy groups -OCH3 is 1. The summed E-state index contributed by atoms with van der Waals surface area (Å²) in [5.74, 6) is 1.31. The zero-order chi connectivity index (χ0) is 14.8. The molecule has 0 spiro atoms. The standard InChI is InChI=1S/C15H15ClN4O/c1-10-5-3-8-14-18-15(19-20(10)14)17-9-11-12(16)6-4-7-13(11)21-2/h3-8H,9H2,1-2H3,(H,17,19). The second-order valence-corrected chi connectivity index (χ2v) is 5.05. The molecule has 3 rings (SSSR count). The predicted molar refractivity (Wildman–Crippen MR) is 83.1 cm³/mol. The van der Waals surface area contributed by atoms with Crippen molar-refractivity contribution in [2.45, 2.75) is 13.5 Å². The smallest absolute Gasteiger partial charge is 0.243 e. The zero-order valence-electron chi connectivity index (χ0n) is 11.8. The third-order valence-electron chi connectivity index (χ3n) is 3.27. The minimum absolute atomic E-state index is 0.499. The lowest BCUT2D eigenvalue weighted by atomic mass is 10.2. The molecule has 0 aliphatic carbocycles. The number of ether oxygens (including phenoxy) is 1. The normalized spacial score (nSPS) is 10.8. The molecule has 0 saturated carbocycles. The lowest BCUT2D eigenvalue weighted by Gasteiger charge is -2.10. The summed E-state index contributed by atoms with van der Waals surface area (Å²) in [6, 6.07) is 11.4. The summed E-state index contributed by atoms with van der Waals surface area (Å²) in [4.78, 5) is 4.43. The number of nitrogens with one attached hydrogen (secondary N) is 1. The highest BCUT2D eigenvalue weighted by Crippen LogP contribution is 2.26. The van der Waals surface area contributed by atoms with Gasteiger partial charge in [-0.1, -0.05) is 23.7 Å². The number of hydrogen-bond donors (Lipinski definition) is 1. The van der Waals surface area contributed by atoms with E-state index in [1.165, 1.54) is 0 Å². The van der Waals surface area contributed by atoms with Crippen LogP contribution in [0, 0.1) is 6.92 Å². The van der Waals surface area contributed by atoms with Crippen molar-refractivity contribution in [3.05, 3.63) is 52.7 Å². The predicted octanol–water partition coefficient (Wildman–Crippen LogP) is 3.31. The number of anilines is 1. The van der Waals surface area contributed by atoms with Crippen LogP contribution in [0.4, 0.5) is 5.95 Å². The number of halogens is 1. The molecule has 2 aromatic heterocycles. The molecule has 0 amide bonds. The molecule has 21 heavy (non-hydrogen) atoms. The highest BCUT2D eigenvalue weighted by atomic mass is 35.5. The summed E-state index contributed by atoms with van der Waals surface area (Å²) in [6.45, 7) is 2.49. The maximum absolute atomic E-state index is 6.21. The van der Waals surface area contributed by atoms with Gasteiger partial charge in [0, 0.05) is 22.8 Å². The van der Waals surface area contributed by atoms with Gasteiger partial charge >= 0.3 is 0 Å². The van der Waals surface area contributed by atoms with Gasteiger partial charge in [0.15, 0.2) is 5.65 Å². The Kier molecular flexibility index (Phi) is 3.66. The zero-order valence-corrected chi connectivity index (χ0v) is 12.6. The first-order valence-corrected chi connectivity index (χ1v) is 6.94. The molecule has 1 N–H and O–H groups in total. The van der Waals surface area contributed by atoms with E-state index in [0.717, 1.165) is 22.7 Å². The Balaban J connectivity index is 1.85. The summed E-state index contributed by atoms with van der Waals surface area (Å²) in [7, 11) is 1.63. The van der Waals surface area contributed by atoms with E-state index in [1.807, 2.05) is 43.3 Å². The number of aromatic nitrogens is 3. The topological polar surface area (TPSA) is 51.5 Å². The van der Waals surface area contributed by atoms with E-state index in [4.69, 9.17) is 16.3 Å². The number of pyridine rings is 1. The second-order valence-electron chi connectivity index (χ2n) is 4.65.